The average Bonchev–Trinajstić information content (AvgIpc) is 2.55. The Labute approximate surface area is 168 Å². The molecule has 0 aliphatic rings. The SMILES string of the molecule is C#C[Si](C)(C)C.CC#Cc1cc(F)cnc1N.Nc1ncc(F)cc1I. The van der Waals surface area contributed by atoms with Crippen LogP contribution in [0.3, 0.4) is 0 Å². The summed E-state index contributed by atoms with van der Waals surface area (Å²) >= 11 is 1.92. The highest BCUT2D eigenvalue weighted by Crippen LogP contribution is 2.11. The predicted molar refractivity (Wildman–Crippen MR) is 115 cm³/mol. The van der Waals surface area contributed by atoms with E-state index in [1.54, 1.807) is 6.92 Å². The standard InChI is InChI=1S/C8H7FN2.C5H4FIN2.C5H10Si/c1-2-3-6-4-7(9)5-11-8(6)10;6-3-1-4(7)5(8)9-2-3;1-5-6(2,3)4/h4-5H,1H3,(H2,10,11);1-2H,(H2,8,9);1H,2-4H3. The summed E-state index contributed by atoms with van der Waals surface area (Å²) < 4.78 is 25.4. The number of rotatable bonds is 0. The molecule has 8 heteroatoms. The van der Waals surface area contributed by atoms with E-state index in [9.17, 15) is 8.78 Å². The molecule has 4 N–H and O–H groups in total. The van der Waals surface area contributed by atoms with Gasteiger partial charge in [-0.05, 0) is 41.6 Å². The van der Waals surface area contributed by atoms with Gasteiger partial charge in [-0.3, -0.25) is 0 Å². The highest BCUT2D eigenvalue weighted by atomic mass is 127. The molecule has 2 rings (SSSR count). The maximum atomic E-state index is 12.5. The second kappa shape index (κ2) is 11.4. The van der Waals surface area contributed by atoms with E-state index in [1.165, 1.54) is 12.1 Å². The number of anilines is 2. The van der Waals surface area contributed by atoms with Gasteiger partial charge in [-0.15, -0.1) is 17.9 Å². The molecule has 2 aromatic heterocycles. The van der Waals surface area contributed by atoms with Gasteiger partial charge in [0.25, 0.3) is 0 Å². The number of nitrogens with two attached hydrogens (primary N) is 2. The Kier molecular flexibility index (Phi) is 10.5. The molecular formula is C18H21F2IN4Si. The highest BCUT2D eigenvalue weighted by molar-refractivity contribution is 14.1. The molecule has 0 aliphatic carbocycles. The number of aromatic nitrogens is 2. The van der Waals surface area contributed by atoms with E-state index in [2.05, 4.69) is 47.0 Å². The Morgan fingerprint density at radius 2 is 1.50 bits per heavy atom. The molecule has 26 heavy (non-hydrogen) atoms. The van der Waals surface area contributed by atoms with Crippen molar-refractivity contribution in [2.45, 2.75) is 26.6 Å². The number of hydrogen-bond acceptors (Lipinski definition) is 4. The van der Waals surface area contributed by atoms with Gasteiger partial charge >= 0.3 is 0 Å². The van der Waals surface area contributed by atoms with Crippen LogP contribution in [-0.4, -0.2) is 18.0 Å². The fraction of sp³-hybridized carbons (Fsp3) is 0.222. The number of nitrogen functional groups attached to an aromatic ring is 2. The molecule has 0 radical (unpaired) electrons. The molecule has 0 spiro atoms. The van der Waals surface area contributed by atoms with Crippen LogP contribution in [0.5, 0.6) is 0 Å². The summed E-state index contributed by atoms with van der Waals surface area (Å²) in [4.78, 5) is 7.17. The summed E-state index contributed by atoms with van der Waals surface area (Å²) in [5.41, 5.74) is 13.9. The predicted octanol–water partition coefficient (Wildman–Crippen LogP) is 4.08. The summed E-state index contributed by atoms with van der Waals surface area (Å²) in [6, 6.07) is 2.60. The van der Waals surface area contributed by atoms with Crippen LogP contribution in [0.25, 0.3) is 0 Å². The molecule has 0 atom stereocenters. The molecule has 0 unspecified atom stereocenters. The topological polar surface area (TPSA) is 77.8 Å². The van der Waals surface area contributed by atoms with Gasteiger partial charge in [0.1, 0.15) is 31.3 Å². The minimum atomic E-state index is -1.10. The van der Waals surface area contributed by atoms with Crippen LogP contribution in [0.2, 0.25) is 19.6 Å². The monoisotopic (exact) mass is 486 g/mol. The van der Waals surface area contributed by atoms with Crippen molar-refractivity contribution in [3.8, 4) is 23.8 Å². The van der Waals surface area contributed by atoms with E-state index in [4.69, 9.17) is 17.9 Å². The third kappa shape index (κ3) is 10.6. The van der Waals surface area contributed by atoms with Gasteiger partial charge in [0.2, 0.25) is 0 Å². The van der Waals surface area contributed by atoms with Crippen LogP contribution >= 0.6 is 22.6 Å². The van der Waals surface area contributed by atoms with Crippen molar-refractivity contribution in [3.63, 3.8) is 0 Å². The second-order valence-electron chi connectivity index (χ2n) is 5.88. The fourth-order valence-corrected chi connectivity index (χ4v) is 1.55. The zero-order valence-corrected chi connectivity index (χ0v) is 18.2. The molecule has 138 valence electrons. The third-order valence-corrected chi connectivity index (χ3v) is 4.14. The number of terminal acetylenes is 1. The van der Waals surface area contributed by atoms with Gasteiger partial charge in [0.15, 0.2) is 0 Å². The number of halogens is 3. The molecule has 2 heterocycles. The van der Waals surface area contributed by atoms with E-state index in [-0.39, 0.29) is 11.6 Å². The minimum Gasteiger partial charge on any atom is -0.383 e. The first kappa shape index (κ1) is 23.8. The van der Waals surface area contributed by atoms with Crippen molar-refractivity contribution >= 4 is 42.3 Å². The van der Waals surface area contributed by atoms with E-state index < -0.39 is 13.9 Å². The van der Waals surface area contributed by atoms with Crippen LogP contribution < -0.4 is 11.5 Å². The number of pyridine rings is 2. The quantitative estimate of drug-likeness (QED) is 0.334. The summed E-state index contributed by atoms with van der Waals surface area (Å²) in [6.07, 6.45) is 7.28. The second-order valence-corrected chi connectivity index (χ2v) is 11.8. The van der Waals surface area contributed by atoms with Crippen molar-refractivity contribution in [1.29, 1.82) is 0 Å². The number of hydrogen-bond donors (Lipinski definition) is 2. The lowest BCUT2D eigenvalue weighted by atomic mass is 10.2. The summed E-state index contributed by atoms with van der Waals surface area (Å²) in [7, 11) is -1.10. The molecule has 0 amide bonds. The Morgan fingerprint density at radius 1 is 1.04 bits per heavy atom. The lowest BCUT2D eigenvalue weighted by Crippen LogP contribution is -2.15. The van der Waals surface area contributed by atoms with E-state index in [0.717, 1.165) is 12.4 Å². The number of nitrogens with zero attached hydrogens (tertiary/aromatic N) is 2. The Bertz CT molecular complexity index is 834. The minimum absolute atomic E-state index is 0.265. The smallest absolute Gasteiger partial charge is 0.142 e. The van der Waals surface area contributed by atoms with Crippen LogP contribution in [0, 0.1) is 39.0 Å². The van der Waals surface area contributed by atoms with E-state index in [0.29, 0.717) is 15.0 Å². The summed E-state index contributed by atoms with van der Waals surface area (Å²) in [6.45, 7) is 8.09. The molecule has 0 bridgehead atoms. The summed E-state index contributed by atoms with van der Waals surface area (Å²) in [5, 5.41) is 0. The van der Waals surface area contributed by atoms with Gasteiger partial charge < -0.3 is 11.5 Å². The Morgan fingerprint density at radius 3 is 1.88 bits per heavy atom. The van der Waals surface area contributed by atoms with E-state index >= 15 is 0 Å². The van der Waals surface area contributed by atoms with E-state index in [1.807, 2.05) is 22.6 Å². The lowest BCUT2D eigenvalue weighted by molar-refractivity contribution is 0.620. The molecule has 0 saturated carbocycles. The van der Waals surface area contributed by atoms with Crippen LogP contribution in [-0.2, 0) is 0 Å². The van der Waals surface area contributed by atoms with Gasteiger partial charge in [0, 0.05) is 0 Å². The van der Waals surface area contributed by atoms with Gasteiger partial charge in [-0.25, -0.2) is 18.7 Å². The van der Waals surface area contributed by atoms with Crippen molar-refractivity contribution in [2.24, 2.45) is 0 Å². The summed E-state index contributed by atoms with van der Waals surface area (Å²) in [5.74, 6) is 5.12. The Hall–Kier alpha value is -2.17. The normalized spacial score (nSPS) is 9.31. The zero-order valence-electron chi connectivity index (χ0n) is 15.1. The van der Waals surface area contributed by atoms with Gasteiger partial charge in [-0.1, -0.05) is 25.6 Å². The van der Waals surface area contributed by atoms with Crippen molar-refractivity contribution in [1.82, 2.24) is 9.97 Å². The first-order chi connectivity index (χ1) is 12.0. The molecule has 4 nitrogen and oxygen atoms in total. The molecule has 0 aliphatic heterocycles. The first-order valence-corrected chi connectivity index (χ1v) is 12.0. The molecule has 0 saturated heterocycles. The zero-order chi connectivity index (χ0) is 20.3. The molecule has 0 aromatic carbocycles. The first-order valence-electron chi connectivity index (χ1n) is 7.38. The highest BCUT2D eigenvalue weighted by Gasteiger charge is 2.05. The average molecular weight is 486 g/mol. The maximum Gasteiger partial charge on any atom is 0.142 e. The van der Waals surface area contributed by atoms with Crippen molar-refractivity contribution < 1.29 is 8.78 Å². The lowest BCUT2D eigenvalue weighted by Gasteiger charge is -2.00. The van der Waals surface area contributed by atoms with Gasteiger partial charge in [-0.2, -0.15) is 0 Å². The maximum absolute atomic E-state index is 12.5. The van der Waals surface area contributed by atoms with Gasteiger partial charge in [0.05, 0.1) is 21.5 Å². The molecule has 2 aromatic rings. The largest absolute Gasteiger partial charge is 0.383 e. The van der Waals surface area contributed by atoms with Crippen LogP contribution in [0.4, 0.5) is 20.4 Å². The molecule has 0 fully saturated rings. The van der Waals surface area contributed by atoms with Crippen LogP contribution in [0.1, 0.15) is 12.5 Å². The third-order valence-electron chi connectivity index (χ3n) is 2.41. The van der Waals surface area contributed by atoms with Crippen molar-refractivity contribution in [2.75, 3.05) is 11.5 Å². The van der Waals surface area contributed by atoms with Crippen molar-refractivity contribution in [3.05, 3.63) is 45.3 Å². The Balaban J connectivity index is 0.000000378. The van der Waals surface area contributed by atoms with Crippen LogP contribution in [0.15, 0.2) is 24.5 Å². The fourth-order valence-electron chi connectivity index (χ4n) is 1.11. The molecular weight excluding hydrogens is 465 g/mol.